The molecule has 0 fully saturated rings. The molecular formula is C21H31N2O5P. The van der Waals surface area contributed by atoms with E-state index in [1.54, 1.807) is 24.5 Å². The van der Waals surface area contributed by atoms with Crippen molar-refractivity contribution < 1.29 is 23.8 Å². The van der Waals surface area contributed by atoms with Crippen LogP contribution in [0.5, 0.6) is 17.2 Å². The topological polar surface area (TPSA) is 101 Å². The third-order valence-corrected chi connectivity index (χ3v) is 5.62. The summed E-state index contributed by atoms with van der Waals surface area (Å²) in [4.78, 5) is 14.5. The van der Waals surface area contributed by atoms with Gasteiger partial charge >= 0.3 is 7.60 Å². The monoisotopic (exact) mass is 422 g/mol. The van der Waals surface area contributed by atoms with E-state index in [0.717, 1.165) is 5.56 Å². The number of rotatable bonds is 10. The lowest BCUT2D eigenvalue weighted by Gasteiger charge is -2.25. The third-order valence-electron chi connectivity index (χ3n) is 4.59. The number of hydrogen-bond donors (Lipinski definition) is 3. The summed E-state index contributed by atoms with van der Waals surface area (Å²) in [6.07, 6.45) is 4.57. The Morgan fingerprint density at radius 1 is 1.17 bits per heavy atom. The quantitative estimate of drug-likeness (QED) is 0.475. The van der Waals surface area contributed by atoms with Crippen LogP contribution in [0, 0.1) is 5.92 Å². The smallest absolute Gasteiger partial charge is 0.395 e. The molecule has 0 saturated heterocycles. The Kier molecular flexibility index (Phi) is 7.94. The fourth-order valence-electron chi connectivity index (χ4n) is 3.33. The van der Waals surface area contributed by atoms with Crippen LogP contribution in [0.15, 0.2) is 24.5 Å². The molecule has 8 heteroatoms. The molecule has 2 aromatic rings. The average molecular weight is 422 g/mol. The Hall–Kier alpha value is -2.24. The molecule has 3 N–H and O–H groups in total. The van der Waals surface area contributed by atoms with Crippen LogP contribution >= 0.6 is 7.60 Å². The standard InChI is InChI=1S/C21H31N2O5P/c1-6-16-18(11-14(3)4)19(24)21(27-5)17(7-2)20(16)28-29(25,26)13-23-15-9-8-10-22-12-15/h8-10,12,14,23-24H,6-7,11,13H2,1-5H3,(H,25,26). The maximum Gasteiger partial charge on any atom is 0.395 e. The summed E-state index contributed by atoms with van der Waals surface area (Å²) < 4.78 is 24.0. The first-order valence-electron chi connectivity index (χ1n) is 9.82. The summed E-state index contributed by atoms with van der Waals surface area (Å²) in [5.74, 6) is 1.00. The summed E-state index contributed by atoms with van der Waals surface area (Å²) in [7, 11) is -2.56. The Morgan fingerprint density at radius 3 is 2.38 bits per heavy atom. The normalized spacial score (nSPS) is 13.2. The second-order valence-corrected chi connectivity index (χ2v) is 9.03. The summed E-state index contributed by atoms with van der Waals surface area (Å²) in [5.41, 5.74) is 2.65. The van der Waals surface area contributed by atoms with Crippen molar-refractivity contribution in [2.45, 2.75) is 47.0 Å². The van der Waals surface area contributed by atoms with Crippen LogP contribution in [0.1, 0.15) is 44.4 Å². The maximum absolute atomic E-state index is 12.9. The van der Waals surface area contributed by atoms with Crippen LogP contribution in [-0.2, 0) is 23.8 Å². The Labute approximate surface area is 172 Å². The van der Waals surface area contributed by atoms with Crippen LogP contribution < -0.4 is 14.6 Å². The van der Waals surface area contributed by atoms with Gasteiger partial charge in [-0.05, 0) is 37.3 Å². The minimum absolute atomic E-state index is 0.0866. The zero-order chi connectivity index (χ0) is 21.6. The zero-order valence-electron chi connectivity index (χ0n) is 17.7. The van der Waals surface area contributed by atoms with Gasteiger partial charge in [0.05, 0.1) is 12.8 Å². The van der Waals surface area contributed by atoms with Gasteiger partial charge in [-0.15, -0.1) is 0 Å². The van der Waals surface area contributed by atoms with Crippen molar-refractivity contribution in [3.63, 3.8) is 0 Å². The van der Waals surface area contributed by atoms with E-state index in [-0.39, 0.29) is 18.0 Å². The van der Waals surface area contributed by atoms with Gasteiger partial charge in [-0.2, -0.15) is 0 Å². The van der Waals surface area contributed by atoms with Crippen molar-refractivity contribution in [2.24, 2.45) is 5.92 Å². The fraction of sp³-hybridized carbons (Fsp3) is 0.476. The molecule has 0 radical (unpaired) electrons. The summed E-state index contributed by atoms with van der Waals surface area (Å²) in [6.45, 7) is 7.93. The predicted octanol–water partition coefficient (Wildman–Crippen LogP) is 4.75. The minimum atomic E-state index is -4.04. The van der Waals surface area contributed by atoms with Crippen LogP contribution in [-0.4, -0.2) is 28.4 Å². The van der Waals surface area contributed by atoms with Crippen molar-refractivity contribution in [1.29, 1.82) is 0 Å². The molecule has 0 bridgehead atoms. The summed E-state index contributed by atoms with van der Waals surface area (Å²) in [6, 6.07) is 3.49. The summed E-state index contributed by atoms with van der Waals surface area (Å²) in [5, 5.41) is 13.7. The molecule has 7 nitrogen and oxygen atoms in total. The lowest BCUT2D eigenvalue weighted by atomic mass is 9.91. The number of phenolic OH excluding ortho intramolecular Hbond substituents is 1. The largest absolute Gasteiger partial charge is 0.504 e. The number of nitrogens with one attached hydrogen (secondary N) is 1. The number of methoxy groups -OCH3 is 1. The van der Waals surface area contributed by atoms with Crippen molar-refractivity contribution in [3.05, 3.63) is 41.2 Å². The van der Waals surface area contributed by atoms with Crippen LogP contribution in [0.2, 0.25) is 0 Å². The predicted molar refractivity (Wildman–Crippen MR) is 115 cm³/mol. The van der Waals surface area contributed by atoms with Crippen molar-refractivity contribution in [2.75, 3.05) is 18.7 Å². The molecule has 1 heterocycles. The highest BCUT2D eigenvalue weighted by atomic mass is 31.2. The van der Waals surface area contributed by atoms with Gasteiger partial charge in [0.15, 0.2) is 11.5 Å². The number of aromatic hydroxyl groups is 1. The second-order valence-electron chi connectivity index (χ2n) is 7.26. The zero-order valence-corrected chi connectivity index (χ0v) is 18.6. The number of anilines is 1. The number of pyridine rings is 1. The SMILES string of the molecule is CCc1c(CC(C)C)c(O)c(OC)c(CC)c1OP(=O)(O)CNc1cccnc1. The molecule has 0 saturated carbocycles. The first kappa shape index (κ1) is 23.0. The highest BCUT2D eigenvalue weighted by Crippen LogP contribution is 2.51. The lowest BCUT2D eigenvalue weighted by molar-refractivity contribution is 0.352. The van der Waals surface area contributed by atoms with Gasteiger partial charge in [0.25, 0.3) is 0 Å². The molecular weight excluding hydrogens is 391 g/mol. The van der Waals surface area contributed by atoms with Crippen LogP contribution in [0.3, 0.4) is 0 Å². The van der Waals surface area contributed by atoms with Crippen molar-refractivity contribution in [3.8, 4) is 17.2 Å². The Bertz CT molecular complexity index is 871. The van der Waals surface area contributed by atoms with Crippen LogP contribution in [0.4, 0.5) is 5.69 Å². The van der Waals surface area contributed by atoms with E-state index in [4.69, 9.17) is 9.26 Å². The molecule has 1 aromatic heterocycles. The maximum atomic E-state index is 12.9. The van der Waals surface area contributed by atoms with E-state index < -0.39 is 7.60 Å². The molecule has 29 heavy (non-hydrogen) atoms. The average Bonchev–Trinajstić information content (AvgIpc) is 2.69. The molecule has 1 atom stereocenters. The molecule has 1 aromatic carbocycles. The first-order valence-corrected chi connectivity index (χ1v) is 11.6. The van der Waals surface area contributed by atoms with E-state index in [9.17, 15) is 14.6 Å². The molecule has 0 aliphatic carbocycles. The third kappa shape index (κ3) is 5.64. The number of hydrogen-bond acceptors (Lipinski definition) is 6. The van der Waals surface area contributed by atoms with Gasteiger partial charge in [0, 0.05) is 29.1 Å². The second kappa shape index (κ2) is 9.99. The van der Waals surface area contributed by atoms with E-state index >= 15 is 0 Å². The lowest BCUT2D eigenvalue weighted by Crippen LogP contribution is -2.11. The molecule has 0 amide bonds. The van der Waals surface area contributed by atoms with Gasteiger partial charge in [-0.1, -0.05) is 27.7 Å². The molecule has 2 rings (SSSR count). The number of aromatic nitrogens is 1. The number of ether oxygens (including phenoxy) is 1. The van der Waals surface area contributed by atoms with Crippen molar-refractivity contribution in [1.82, 2.24) is 4.98 Å². The summed E-state index contributed by atoms with van der Waals surface area (Å²) >= 11 is 0. The van der Waals surface area contributed by atoms with E-state index in [2.05, 4.69) is 10.3 Å². The number of nitrogens with zero attached hydrogens (tertiary/aromatic N) is 1. The fourth-order valence-corrected chi connectivity index (χ4v) is 4.28. The van der Waals surface area contributed by atoms with E-state index in [1.807, 2.05) is 27.7 Å². The molecule has 0 aliphatic heterocycles. The van der Waals surface area contributed by atoms with Gasteiger partial charge in [0.2, 0.25) is 0 Å². The number of phenols is 1. The van der Waals surface area contributed by atoms with Crippen LogP contribution in [0.25, 0.3) is 0 Å². The molecule has 0 aliphatic rings. The first-order chi connectivity index (χ1) is 13.7. The Morgan fingerprint density at radius 2 is 1.86 bits per heavy atom. The minimum Gasteiger partial charge on any atom is -0.504 e. The Balaban J connectivity index is 2.47. The molecule has 0 spiro atoms. The molecule has 160 valence electrons. The van der Waals surface area contributed by atoms with Crippen molar-refractivity contribution >= 4 is 13.3 Å². The highest BCUT2D eigenvalue weighted by molar-refractivity contribution is 7.53. The van der Waals surface area contributed by atoms with E-state index in [0.29, 0.717) is 47.6 Å². The molecule has 1 unspecified atom stereocenters. The number of benzene rings is 1. The van der Waals surface area contributed by atoms with Gasteiger partial charge in [0.1, 0.15) is 12.0 Å². The van der Waals surface area contributed by atoms with E-state index in [1.165, 1.54) is 7.11 Å². The van der Waals surface area contributed by atoms with Gasteiger partial charge < -0.3 is 24.6 Å². The van der Waals surface area contributed by atoms with Gasteiger partial charge in [-0.25, -0.2) is 4.57 Å². The highest BCUT2D eigenvalue weighted by Gasteiger charge is 2.29. The van der Waals surface area contributed by atoms with Gasteiger partial charge in [-0.3, -0.25) is 4.98 Å².